The molecule has 0 aliphatic carbocycles. The Hall–Kier alpha value is -2.18. The van der Waals surface area contributed by atoms with Gasteiger partial charge in [-0.15, -0.1) is 0 Å². The van der Waals surface area contributed by atoms with Gasteiger partial charge < -0.3 is 10.2 Å². The third kappa shape index (κ3) is 3.68. The lowest BCUT2D eigenvalue weighted by molar-refractivity contribution is -0.385. The number of aromatic nitrogens is 1. The third-order valence-electron chi connectivity index (χ3n) is 3.72. The first-order chi connectivity index (χ1) is 9.59. The second kappa shape index (κ2) is 6.07. The highest BCUT2D eigenvalue weighted by atomic mass is 16.6. The van der Waals surface area contributed by atoms with Gasteiger partial charge in [-0.25, -0.2) is 4.98 Å². The number of nitrogens with one attached hydrogen (secondary N) is 1. The Morgan fingerprint density at radius 2 is 2.05 bits per heavy atom. The zero-order valence-electron chi connectivity index (χ0n) is 13.3. The van der Waals surface area contributed by atoms with Crippen LogP contribution in [0.2, 0.25) is 0 Å². The number of hydrogen-bond donors (Lipinski definition) is 1. The van der Waals surface area contributed by atoms with Crippen LogP contribution in [0.3, 0.4) is 0 Å². The fourth-order valence-electron chi connectivity index (χ4n) is 1.85. The number of hydrogen-bond acceptors (Lipinski definition) is 5. The molecule has 1 unspecified atom stereocenters. The molecule has 0 saturated carbocycles. The predicted molar refractivity (Wildman–Crippen MR) is 81.4 cm³/mol. The van der Waals surface area contributed by atoms with Crippen molar-refractivity contribution in [3.8, 4) is 0 Å². The van der Waals surface area contributed by atoms with Gasteiger partial charge in [-0.2, -0.15) is 0 Å². The van der Waals surface area contributed by atoms with Crippen molar-refractivity contribution >= 4 is 17.4 Å². The van der Waals surface area contributed by atoms with E-state index < -0.39 is 4.92 Å². The normalized spacial score (nSPS) is 12.7. The van der Waals surface area contributed by atoms with Gasteiger partial charge in [0.25, 0.3) is 11.6 Å². The summed E-state index contributed by atoms with van der Waals surface area (Å²) >= 11 is 0. The molecule has 1 N–H and O–H groups in total. The molecule has 0 saturated heterocycles. The number of carbonyl (C=O) groups excluding carboxylic acids is 1. The third-order valence-corrected chi connectivity index (χ3v) is 3.72. The zero-order valence-corrected chi connectivity index (χ0v) is 13.3. The van der Waals surface area contributed by atoms with Crippen LogP contribution in [0.4, 0.5) is 11.5 Å². The van der Waals surface area contributed by atoms with Gasteiger partial charge in [-0.3, -0.25) is 14.9 Å². The van der Waals surface area contributed by atoms with E-state index in [4.69, 9.17) is 0 Å². The fourth-order valence-corrected chi connectivity index (χ4v) is 1.85. The molecule has 0 bridgehead atoms. The van der Waals surface area contributed by atoms with E-state index in [1.165, 1.54) is 11.0 Å². The molecular formula is C14H22N4O3. The van der Waals surface area contributed by atoms with Crippen LogP contribution in [0.15, 0.2) is 12.3 Å². The van der Waals surface area contributed by atoms with E-state index >= 15 is 0 Å². The second-order valence-corrected chi connectivity index (χ2v) is 6.05. The van der Waals surface area contributed by atoms with E-state index in [1.54, 1.807) is 14.1 Å². The van der Waals surface area contributed by atoms with Crippen LogP contribution in [0.5, 0.6) is 0 Å². The molecule has 7 heteroatoms. The minimum absolute atomic E-state index is 0.0398. The summed E-state index contributed by atoms with van der Waals surface area (Å²) in [5.41, 5.74) is -0.372. The number of carbonyl (C=O) groups is 1. The van der Waals surface area contributed by atoms with Crippen molar-refractivity contribution in [1.82, 2.24) is 9.88 Å². The lowest BCUT2D eigenvalue weighted by Crippen LogP contribution is -2.43. The minimum Gasteiger partial charge on any atom is -0.373 e. The maximum atomic E-state index is 12.6. The summed E-state index contributed by atoms with van der Waals surface area (Å²) in [7, 11) is 3.30. The number of rotatable bonds is 4. The maximum Gasteiger partial charge on any atom is 0.300 e. The van der Waals surface area contributed by atoms with Crippen molar-refractivity contribution in [2.24, 2.45) is 5.41 Å². The number of nitrogens with zero attached hydrogens (tertiary/aromatic N) is 3. The summed E-state index contributed by atoms with van der Waals surface area (Å²) in [6.45, 7) is 7.97. The Morgan fingerprint density at radius 1 is 1.48 bits per heavy atom. The summed E-state index contributed by atoms with van der Waals surface area (Å²) in [5.74, 6) is 0.0313. The molecule has 0 aromatic carbocycles. The van der Waals surface area contributed by atoms with Crippen molar-refractivity contribution in [2.45, 2.75) is 33.7 Å². The van der Waals surface area contributed by atoms with Gasteiger partial charge in [-0.05, 0) is 12.3 Å². The second-order valence-electron chi connectivity index (χ2n) is 6.05. The maximum absolute atomic E-state index is 12.6. The monoisotopic (exact) mass is 294 g/mol. The Morgan fingerprint density at radius 3 is 2.48 bits per heavy atom. The van der Waals surface area contributed by atoms with Crippen molar-refractivity contribution < 1.29 is 9.72 Å². The van der Waals surface area contributed by atoms with E-state index in [9.17, 15) is 14.9 Å². The molecule has 0 aliphatic heterocycles. The van der Waals surface area contributed by atoms with Gasteiger partial charge in [0.05, 0.1) is 4.92 Å². The summed E-state index contributed by atoms with van der Waals surface area (Å²) in [4.78, 5) is 28.5. The van der Waals surface area contributed by atoms with Gasteiger partial charge in [0.1, 0.15) is 17.6 Å². The molecule has 116 valence electrons. The molecule has 0 radical (unpaired) electrons. The Bertz CT molecular complexity index is 552. The van der Waals surface area contributed by atoms with Gasteiger partial charge >= 0.3 is 0 Å². The minimum atomic E-state index is -0.588. The molecule has 21 heavy (non-hydrogen) atoms. The van der Waals surface area contributed by atoms with E-state index in [-0.39, 0.29) is 28.6 Å². The summed E-state index contributed by atoms with van der Waals surface area (Å²) in [6, 6.07) is 1.34. The van der Waals surface area contributed by atoms with Crippen molar-refractivity contribution in [3.63, 3.8) is 0 Å². The SMILES string of the molecule is CNc1cc(C(=O)N(C)C(C)C(C)(C)C)c([N+](=O)[O-])cn1. The highest BCUT2D eigenvalue weighted by molar-refractivity contribution is 5.98. The van der Waals surface area contributed by atoms with E-state index in [0.29, 0.717) is 5.82 Å². The average molecular weight is 294 g/mol. The molecule has 1 rings (SSSR count). The van der Waals surface area contributed by atoms with Crippen LogP contribution in [-0.2, 0) is 0 Å². The number of nitro groups is 1. The molecule has 1 amide bonds. The van der Waals surface area contributed by atoms with Crippen LogP contribution in [-0.4, -0.2) is 40.9 Å². The van der Waals surface area contributed by atoms with E-state index in [2.05, 4.69) is 10.3 Å². The Labute approximate surface area is 124 Å². The Balaban J connectivity index is 3.25. The lowest BCUT2D eigenvalue weighted by Gasteiger charge is -2.35. The summed E-state index contributed by atoms with van der Waals surface area (Å²) < 4.78 is 0. The molecule has 1 atom stereocenters. The largest absolute Gasteiger partial charge is 0.373 e. The quantitative estimate of drug-likeness (QED) is 0.681. The van der Waals surface area contributed by atoms with Crippen LogP contribution in [0, 0.1) is 15.5 Å². The molecule has 0 spiro atoms. The van der Waals surface area contributed by atoms with Gasteiger partial charge in [-0.1, -0.05) is 20.8 Å². The first-order valence-electron chi connectivity index (χ1n) is 6.69. The fraction of sp³-hybridized carbons (Fsp3) is 0.571. The van der Waals surface area contributed by atoms with Gasteiger partial charge in [0, 0.05) is 26.2 Å². The van der Waals surface area contributed by atoms with Gasteiger partial charge in [0.2, 0.25) is 0 Å². The van der Waals surface area contributed by atoms with E-state index in [1.807, 2.05) is 27.7 Å². The summed E-state index contributed by atoms with van der Waals surface area (Å²) in [6.07, 6.45) is 1.11. The van der Waals surface area contributed by atoms with Crippen LogP contribution < -0.4 is 5.32 Å². The molecule has 1 aromatic heterocycles. The van der Waals surface area contributed by atoms with Gasteiger partial charge in [0.15, 0.2) is 0 Å². The van der Waals surface area contributed by atoms with E-state index in [0.717, 1.165) is 6.20 Å². The first kappa shape index (κ1) is 16.9. The lowest BCUT2D eigenvalue weighted by atomic mass is 9.87. The standard InChI is InChI=1S/C14H22N4O3/c1-9(14(2,3)4)17(6)13(19)10-7-12(15-5)16-8-11(10)18(20)21/h7-9H,1-6H3,(H,15,16). The molecular weight excluding hydrogens is 272 g/mol. The van der Waals surface area contributed by atoms with Crippen LogP contribution in [0.25, 0.3) is 0 Å². The summed E-state index contributed by atoms with van der Waals surface area (Å²) in [5, 5.41) is 13.9. The molecule has 0 aliphatic rings. The Kier molecular flexibility index (Phi) is 4.88. The highest BCUT2D eigenvalue weighted by Gasteiger charge is 2.31. The number of anilines is 1. The number of pyridine rings is 1. The smallest absolute Gasteiger partial charge is 0.300 e. The molecule has 0 fully saturated rings. The molecule has 1 heterocycles. The predicted octanol–water partition coefficient (Wildman–Crippen LogP) is 2.54. The van der Waals surface area contributed by atoms with Crippen LogP contribution >= 0.6 is 0 Å². The van der Waals surface area contributed by atoms with Crippen molar-refractivity contribution in [1.29, 1.82) is 0 Å². The van der Waals surface area contributed by atoms with Crippen LogP contribution in [0.1, 0.15) is 38.1 Å². The van der Waals surface area contributed by atoms with Crippen molar-refractivity contribution in [2.75, 3.05) is 19.4 Å². The van der Waals surface area contributed by atoms with Crippen molar-refractivity contribution in [3.05, 3.63) is 27.9 Å². The average Bonchev–Trinajstić information content (AvgIpc) is 2.42. The zero-order chi connectivity index (χ0) is 16.4. The highest BCUT2D eigenvalue weighted by Crippen LogP contribution is 2.27. The molecule has 7 nitrogen and oxygen atoms in total. The topological polar surface area (TPSA) is 88.4 Å². The number of amides is 1. The first-order valence-corrected chi connectivity index (χ1v) is 6.69. The molecule has 1 aromatic rings.